The molecule has 0 unspecified atom stereocenters. The number of hydrazone groups is 2. The second-order valence-corrected chi connectivity index (χ2v) is 7.68. The number of hydrogen-bond acceptors (Lipinski definition) is 7. The minimum Gasteiger partial charge on any atom is -0.340 e. The van der Waals surface area contributed by atoms with Crippen molar-refractivity contribution in [2.24, 2.45) is 10.2 Å². The molecule has 0 atom stereocenters. The second-order valence-electron chi connectivity index (χ2n) is 6.80. The van der Waals surface area contributed by atoms with Crippen molar-refractivity contribution in [1.29, 1.82) is 0 Å². The van der Waals surface area contributed by atoms with E-state index in [1.54, 1.807) is 36.7 Å². The number of halogens is 2. The Bertz CT molecular complexity index is 1200. The molecular formula is C24H19Cl2N7. The van der Waals surface area contributed by atoms with Crippen LogP contribution in [0.3, 0.4) is 0 Å². The third-order valence-electron chi connectivity index (χ3n) is 4.24. The highest BCUT2D eigenvalue weighted by Crippen LogP contribution is 2.19. The minimum atomic E-state index is 0.287. The van der Waals surface area contributed by atoms with Gasteiger partial charge in [-0.2, -0.15) is 20.2 Å². The molecule has 0 aliphatic carbocycles. The maximum absolute atomic E-state index is 6.02. The Labute approximate surface area is 201 Å². The van der Waals surface area contributed by atoms with Crippen molar-refractivity contribution < 1.29 is 0 Å². The van der Waals surface area contributed by atoms with Gasteiger partial charge in [0.05, 0.1) is 12.4 Å². The van der Waals surface area contributed by atoms with Gasteiger partial charge >= 0.3 is 0 Å². The van der Waals surface area contributed by atoms with Crippen LogP contribution in [0, 0.1) is 0 Å². The Kier molecular flexibility index (Phi) is 7.48. The summed E-state index contributed by atoms with van der Waals surface area (Å²) in [6.07, 6.45) is 3.29. The average molecular weight is 476 g/mol. The van der Waals surface area contributed by atoms with Crippen LogP contribution in [0.1, 0.15) is 11.1 Å². The lowest BCUT2D eigenvalue weighted by molar-refractivity contribution is 1.10. The normalized spacial score (nSPS) is 11.1. The van der Waals surface area contributed by atoms with Crippen molar-refractivity contribution in [3.63, 3.8) is 0 Å². The standard InChI is InChI=1S/C24H19Cl2N7/c25-19-8-4-6-17(12-19)15-27-32-23-14-22(29-21-10-2-1-3-11-21)30-24(31-23)33-28-16-18-7-5-9-20(26)13-18/h1-16H,(H3,29,30,31,32,33). The van der Waals surface area contributed by atoms with Gasteiger partial charge in [0.25, 0.3) is 0 Å². The van der Waals surface area contributed by atoms with Crippen molar-refractivity contribution >= 4 is 58.9 Å². The largest absolute Gasteiger partial charge is 0.340 e. The van der Waals surface area contributed by atoms with Crippen LogP contribution < -0.4 is 16.2 Å². The summed E-state index contributed by atoms with van der Waals surface area (Å²) < 4.78 is 0. The molecule has 4 rings (SSSR count). The van der Waals surface area contributed by atoms with E-state index >= 15 is 0 Å². The van der Waals surface area contributed by atoms with Crippen molar-refractivity contribution in [3.8, 4) is 0 Å². The summed E-state index contributed by atoms with van der Waals surface area (Å²) in [6.45, 7) is 0. The van der Waals surface area contributed by atoms with Gasteiger partial charge in [0.2, 0.25) is 5.95 Å². The van der Waals surface area contributed by atoms with Crippen molar-refractivity contribution in [2.45, 2.75) is 0 Å². The van der Waals surface area contributed by atoms with Gasteiger partial charge in [0.1, 0.15) is 5.82 Å². The fourth-order valence-corrected chi connectivity index (χ4v) is 3.20. The van der Waals surface area contributed by atoms with Crippen LogP contribution in [0.4, 0.5) is 23.3 Å². The molecule has 3 aromatic carbocycles. The highest BCUT2D eigenvalue weighted by molar-refractivity contribution is 6.31. The second kappa shape index (κ2) is 11.1. The Hall–Kier alpha value is -3.94. The van der Waals surface area contributed by atoms with E-state index in [1.807, 2.05) is 60.7 Å². The quantitative estimate of drug-likeness (QED) is 0.202. The van der Waals surface area contributed by atoms with Gasteiger partial charge in [-0.1, -0.05) is 65.7 Å². The van der Waals surface area contributed by atoms with Gasteiger partial charge in [0, 0.05) is 21.8 Å². The van der Waals surface area contributed by atoms with E-state index in [-0.39, 0.29) is 5.95 Å². The molecule has 0 bridgehead atoms. The summed E-state index contributed by atoms with van der Waals surface area (Å²) in [5.74, 6) is 1.33. The first-order valence-corrected chi connectivity index (χ1v) is 10.7. The third kappa shape index (κ3) is 7.03. The summed E-state index contributed by atoms with van der Waals surface area (Å²) in [6, 6.07) is 26.2. The minimum absolute atomic E-state index is 0.287. The fourth-order valence-electron chi connectivity index (χ4n) is 2.80. The number of benzene rings is 3. The Morgan fingerprint density at radius 3 is 1.88 bits per heavy atom. The zero-order chi connectivity index (χ0) is 22.9. The molecular weight excluding hydrogens is 457 g/mol. The van der Waals surface area contributed by atoms with Gasteiger partial charge in [0.15, 0.2) is 5.82 Å². The maximum Gasteiger partial charge on any atom is 0.247 e. The van der Waals surface area contributed by atoms with Crippen LogP contribution in [-0.2, 0) is 0 Å². The van der Waals surface area contributed by atoms with E-state index < -0.39 is 0 Å². The SMILES string of the molecule is Clc1cccc(C=NNc2cc(Nc3ccccc3)nc(NN=Cc3cccc(Cl)c3)n2)c1. The summed E-state index contributed by atoms with van der Waals surface area (Å²) in [5.41, 5.74) is 8.36. The average Bonchev–Trinajstić information content (AvgIpc) is 2.80. The Morgan fingerprint density at radius 2 is 1.24 bits per heavy atom. The molecule has 0 aliphatic rings. The molecule has 0 radical (unpaired) electrons. The molecule has 0 spiro atoms. The lowest BCUT2D eigenvalue weighted by Crippen LogP contribution is -2.04. The van der Waals surface area contributed by atoms with E-state index in [0.29, 0.717) is 21.7 Å². The Balaban J connectivity index is 1.53. The van der Waals surface area contributed by atoms with E-state index in [0.717, 1.165) is 16.8 Å². The number of nitrogens with zero attached hydrogens (tertiary/aromatic N) is 4. The van der Waals surface area contributed by atoms with Crippen LogP contribution in [0.25, 0.3) is 0 Å². The predicted molar refractivity (Wildman–Crippen MR) is 137 cm³/mol. The van der Waals surface area contributed by atoms with Crippen LogP contribution >= 0.6 is 23.2 Å². The highest BCUT2D eigenvalue weighted by Gasteiger charge is 2.05. The van der Waals surface area contributed by atoms with E-state index in [1.165, 1.54) is 0 Å². The monoisotopic (exact) mass is 475 g/mol. The zero-order valence-corrected chi connectivity index (χ0v) is 18.8. The van der Waals surface area contributed by atoms with E-state index in [9.17, 15) is 0 Å². The van der Waals surface area contributed by atoms with Gasteiger partial charge < -0.3 is 5.32 Å². The van der Waals surface area contributed by atoms with Crippen LogP contribution in [-0.4, -0.2) is 22.4 Å². The number of rotatable bonds is 8. The first-order chi connectivity index (χ1) is 16.1. The van der Waals surface area contributed by atoms with Crippen molar-refractivity contribution in [2.75, 3.05) is 16.2 Å². The van der Waals surface area contributed by atoms with Crippen LogP contribution in [0.5, 0.6) is 0 Å². The molecule has 0 aliphatic heterocycles. The number of hydrogen-bond donors (Lipinski definition) is 3. The zero-order valence-electron chi connectivity index (χ0n) is 17.3. The molecule has 0 saturated heterocycles. The molecule has 1 aromatic heterocycles. The van der Waals surface area contributed by atoms with Crippen molar-refractivity contribution in [1.82, 2.24) is 9.97 Å². The molecule has 4 aromatic rings. The van der Waals surface area contributed by atoms with E-state index in [2.05, 4.69) is 36.3 Å². The smallest absolute Gasteiger partial charge is 0.247 e. The summed E-state index contributed by atoms with van der Waals surface area (Å²) in [5, 5.41) is 13.0. The summed E-state index contributed by atoms with van der Waals surface area (Å²) in [4.78, 5) is 8.89. The lowest BCUT2D eigenvalue weighted by Gasteiger charge is -2.09. The van der Waals surface area contributed by atoms with Crippen molar-refractivity contribution in [3.05, 3.63) is 106 Å². The number of para-hydroxylation sites is 1. The molecule has 3 N–H and O–H groups in total. The predicted octanol–water partition coefficient (Wildman–Crippen LogP) is 6.42. The molecule has 9 heteroatoms. The molecule has 1 heterocycles. The molecule has 7 nitrogen and oxygen atoms in total. The first kappa shape index (κ1) is 22.3. The van der Waals surface area contributed by atoms with Crippen LogP contribution in [0.15, 0.2) is 95.1 Å². The number of aromatic nitrogens is 2. The third-order valence-corrected chi connectivity index (χ3v) is 4.71. The summed E-state index contributed by atoms with van der Waals surface area (Å²) in [7, 11) is 0. The van der Waals surface area contributed by atoms with Crippen LogP contribution in [0.2, 0.25) is 10.0 Å². The molecule has 0 amide bonds. The lowest BCUT2D eigenvalue weighted by atomic mass is 10.2. The summed E-state index contributed by atoms with van der Waals surface area (Å²) >= 11 is 12.0. The van der Waals surface area contributed by atoms with Gasteiger partial charge in [-0.25, -0.2) is 5.43 Å². The van der Waals surface area contributed by atoms with Gasteiger partial charge in [-0.3, -0.25) is 5.43 Å². The number of nitrogens with one attached hydrogen (secondary N) is 3. The fraction of sp³-hybridized carbons (Fsp3) is 0. The van der Waals surface area contributed by atoms with Gasteiger partial charge in [-0.15, -0.1) is 0 Å². The highest BCUT2D eigenvalue weighted by atomic mass is 35.5. The van der Waals surface area contributed by atoms with E-state index in [4.69, 9.17) is 23.2 Å². The topological polar surface area (TPSA) is 86.6 Å². The maximum atomic E-state index is 6.02. The Morgan fingerprint density at radius 1 is 0.636 bits per heavy atom. The number of anilines is 4. The first-order valence-electron chi connectivity index (χ1n) is 9.94. The molecule has 164 valence electrons. The molecule has 33 heavy (non-hydrogen) atoms. The molecule has 0 saturated carbocycles. The molecule has 0 fully saturated rings. The van der Waals surface area contributed by atoms with Gasteiger partial charge in [-0.05, 0) is 47.5 Å².